The summed E-state index contributed by atoms with van der Waals surface area (Å²) < 4.78 is 1.27. The predicted octanol–water partition coefficient (Wildman–Crippen LogP) is 5.16. The van der Waals surface area contributed by atoms with Gasteiger partial charge in [-0.1, -0.05) is 48.7 Å². The summed E-state index contributed by atoms with van der Waals surface area (Å²) in [6, 6.07) is 5.05. The number of anilines is 1. The SMILES string of the molecule is CCCC(=O)N(C(=O)CCC)c1c(C#N)cnn1-c1ccc(Cl)c(Cl)c1Cl. The van der Waals surface area contributed by atoms with Crippen molar-refractivity contribution in [3.05, 3.63) is 39.0 Å². The normalized spacial score (nSPS) is 10.5. The molecule has 2 amide bonds. The molecular weight excluding hydrogens is 411 g/mol. The number of hydrogen-bond donors (Lipinski definition) is 0. The summed E-state index contributed by atoms with van der Waals surface area (Å²) >= 11 is 18.4. The minimum Gasteiger partial charge on any atom is -0.274 e. The molecule has 0 aliphatic carbocycles. The van der Waals surface area contributed by atoms with Crippen LogP contribution in [0.4, 0.5) is 5.82 Å². The van der Waals surface area contributed by atoms with E-state index in [2.05, 4.69) is 5.10 Å². The molecule has 0 unspecified atom stereocenters. The van der Waals surface area contributed by atoms with Gasteiger partial charge in [0, 0.05) is 12.8 Å². The molecule has 0 N–H and O–H groups in total. The maximum Gasteiger partial charge on any atom is 0.235 e. The zero-order valence-corrected chi connectivity index (χ0v) is 17.1. The molecule has 0 atom stereocenters. The highest BCUT2D eigenvalue weighted by Gasteiger charge is 2.30. The highest BCUT2D eigenvalue weighted by Crippen LogP contribution is 2.37. The third kappa shape index (κ3) is 4.27. The standard InChI is InChI=1S/C18H17Cl3N4O2/c1-3-5-14(26)24(15(27)6-4-2)18-11(9-22)10-23-25(18)13-8-7-12(19)16(20)17(13)21/h7-8,10H,3-6H2,1-2H3. The fraction of sp³-hybridized carbons (Fsp3) is 0.333. The fourth-order valence-corrected chi connectivity index (χ4v) is 3.13. The van der Waals surface area contributed by atoms with Gasteiger partial charge in [0.15, 0.2) is 5.82 Å². The van der Waals surface area contributed by atoms with Gasteiger partial charge in [0.2, 0.25) is 11.8 Å². The predicted molar refractivity (Wildman–Crippen MR) is 106 cm³/mol. The Morgan fingerprint density at radius 3 is 2.22 bits per heavy atom. The van der Waals surface area contributed by atoms with E-state index in [4.69, 9.17) is 34.8 Å². The average Bonchev–Trinajstić information content (AvgIpc) is 3.04. The lowest BCUT2D eigenvalue weighted by Gasteiger charge is -2.22. The first-order valence-corrected chi connectivity index (χ1v) is 9.48. The lowest BCUT2D eigenvalue weighted by molar-refractivity contribution is -0.126. The van der Waals surface area contributed by atoms with E-state index in [1.165, 1.54) is 16.9 Å². The third-order valence-corrected chi connectivity index (χ3v) is 5.03. The number of imide groups is 1. The molecule has 2 rings (SSSR count). The summed E-state index contributed by atoms with van der Waals surface area (Å²) in [5, 5.41) is 14.1. The van der Waals surface area contributed by atoms with Gasteiger partial charge in [-0.25, -0.2) is 9.58 Å². The molecule has 0 spiro atoms. The largest absolute Gasteiger partial charge is 0.274 e. The van der Waals surface area contributed by atoms with Crippen LogP contribution in [-0.2, 0) is 9.59 Å². The van der Waals surface area contributed by atoms with Crippen LogP contribution in [0.1, 0.15) is 45.1 Å². The molecule has 0 fully saturated rings. The first kappa shape index (κ1) is 21.2. The van der Waals surface area contributed by atoms with Crippen molar-refractivity contribution in [2.24, 2.45) is 0 Å². The van der Waals surface area contributed by atoms with Crippen molar-refractivity contribution < 1.29 is 9.59 Å². The van der Waals surface area contributed by atoms with Crippen LogP contribution in [0, 0.1) is 11.3 Å². The molecule has 0 bridgehead atoms. The topological polar surface area (TPSA) is 79.0 Å². The number of carbonyl (C=O) groups excluding carboxylic acids is 2. The second kappa shape index (κ2) is 9.23. The monoisotopic (exact) mass is 426 g/mol. The lowest BCUT2D eigenvalue weighted by Crippen LogP contribution is -2.38. The minimum atomic E-state index is -0.412. The van der Waals surface area contributed by atoms with Crippen LogP contribution >= 0.6 is 34.8 Å². The smallest absolute Gasteiger partial charge is 0.235 e. The van der Waals surface area contributed by atoms with Gasteiger partial charge in [0.25, 0.3) is 0 Å². The number of benzene rings is 1. The molecule has 0 aliphatic rings. The van der Waals surface area contributed by atoms with Crippen molar-refractivity contribution in [2.45, 2.75) is 39.5 Å². The Labute approximate surface area is 172 Å². The highest BCUT2D eigenvalue weighted by atomic mass is 35.5. The second-order valence-electron chi connectivity index (χ2n) is 5.72. The van der Waals surface area contributed by atoms with E-state index in [1.807, 2.05) is 19.9 Å². The van der Waals surface area contributed by atoms with Crippen LogP contribution in [0.25, 0.3) is 5.69 Å². The molecule has 0 saturated heterocycles. The molecule has 0 aliphatic heterocycles. The van der Waals surface area contributed by atoms with E-state index >= 15 is 0 Å². The molecule has 2 aromatic rings. The Morgan fingerprint density at radius 2 is 1.70 bits per heavy atom. The molecule has 142 valence electrons. The van der Waals surface area contributed by atoms with Crippen molar-refractivity contribution in [3.63, 3.8) is 0 Å². The van der Waals surface area contributed by atoms with Crippen molar-refractivity contribution in [3.8, 4) is 11.8 Å². The van der Waals surface area contributed by atoms with Gasteiger partial charge >= 0.3 is 0 Å². The van der Waals surface area contributed by atoms with Crippen LogP contribution < -0.4 is 4.90 Å². The first-order chi connectivity index (χ1) is 12.9. The number of nitrogens with zero attached hydrogens (tertiary/aromatic N) is 4. The van der Waals surface area contributed by atoms with E-state index in [9.17, 15) is 14.9 Å². The van der Waals surface area contributed by atoms with Crippen molar-refractivity contribution in [2.75, 3.05) is 4.90 Å². The van der Waals surface area contributed by atoms with Crippen molar-refractivity contribution in [1.82, 2.24) is 9.78 Å². The molecule has 0 saturated carbocycles. The summed E-state index contributed by atoms with van der Waals surface area (Å²) in [6.45, 7) is 3.66. The number of halogens is 3. The number of rotatable bonds is 6. The van der Waals surface area contributed by atoms with Gasteiger partial charge in [-0.05, 0) is 25.0 Å². The highest BCUT2D eigenvalue weighted by molar-refractivity contribution is 6.48. The van der Waals surface area contributed by atoms with E-state index in [0.29, 0.717) is 18.5 Å². The van der Waals surface area contributed by atoms with Gasteiger partial charge < -0.3 is 0 Å². The summed E-state index contributed by atoms with van der Waals surface area (Å²) in [5.74, 6) is -0.773. The van der Waals surface area contributed by atoms with Crippen molar-refractivity contribution >= 4 is 52.4 Å². The van der Waals surface area contributed by atoms with Crippen LogP contribution in [0.2, 0.25) is 15.1 Å². The first-order valence-electron chi connectivity index (χ1n) is 8.35. The quantitative estimate of drug-likeness (QED) is 0.596. The molecule has 1 heterocycles. The third-order valence-electron chi connectivity index (χ3n) is 3.75. The summed E-state index contributed by atoms with van der Waals surface area (Å²) in [6.07, 6.45) is 2.69. The van der Waals surface area contributed by atoms with E-state index in [0.717, 1.165) is 4.90 Å². The zero-order chi connectivity index (χ0) is 20.1. The molecule has 9 heteroatoms. The van der Waals surface area contributed by atoms with Gasteiger partial charge in [0.1, 0.15) is 11.6 Å². The Morgan fingerprint density at radius 1 is 1.11 bits per heavy atom. The fourth-order valence-electron chi connectivity index (χ4n) is 2.52. The van der Waals surface area contributed by atoms with E-state index < -0.39 is 11.8 Å². The number of nitriles is 1. The van der Waals surface area contributed by atoms with Crippen molar-refractivity contribution in [1.29, 1.82) is 5.26 Å². The van der Waals surface area contributed by atoms with Crippen LogP contribution in [-0.4, -0.2) is 21.6 Å². The summed E-state index contributed by atoms with van der Waals surface area (Å²) in [4.78, 5) is 26.4. The molecule has 27 heavy (non-hydrogen) atoms. The Hall–Kier alpha value is -2.07. The van der Waals surface area contributed by atoms with E-state index in [1.54, 1.807) is 6.07 Å². The van der Waals surface area contributed by atoms with Gasteiger partial charge in [-0.3, -0.25) is 9.59 Å². The number of amides is 2. The number of aromatic nitrogens is 2. The molecule has 1 aromatic heterocycles. The number of carbonyl (C=O) groups is 2. The Kier molecular flexibility index (Phi) is 7.25. The lowest BCUT2D eigenvalue weighted by atomic mass is 10.2. The Bertz CT molecular complexity index is 900. The van der Waals surface area contributed by atoms with Crippen LogP contribution in [0.3, 0.4) is 0 Å². The Balaban J connectivity index is 2.73. The molecular formula is C18H17Cl3N4O2. The second-order valence-corrected chi connectivity index (χ2v) is 6.89. The van der Waals surface area contributed by atoms with Crippen LogP contribution in [0.15, 0.2) is 18.3 Å². The average molecular weight is 428 g/mol. The summed E-state index contributed by atoms with van der Waals surface area (Å²) in [7, 11) is 0. The molecule has 6 nitrogen and oxygen atoms in total. The maximum absolute atomic E-state index is 12.7. The minimum absolute atomic E-state index is 0.0506. The van der Waals surface area contributed by atoms with Gasteiger partial charge in [-0.2, -0.15) is 10.4 Å². The van der Waals surface area contributed by atoms with E-state index in [-0.39, 0.29) is 39.3 Å². The number of hydrogen-bond acceptors (Lipinski definition) is 4. The van der Waals surface area contributed by atoms with Gasteiger partial charge in [-0.15, -0.1) is 0 Å². The molecule has 0 radical (unpaired) electrons. The van der Waals surface area contributed by atoms with Crippen LogP contribution in [0.5, 0.6) is 0 Å². The van der Waals surface area contributed by atoms with Gasteiger partial charge in [0.05, 0.1) is 27.0 Å². The summed E-state index contributed by atoms with van der Waals surface area (Å²) in [5.41, 5.74) is 0.382. The zero-order valence-electron chi connectivity index (χ0n) is 14.8. The molecule has 1 aromatic carbocycles. The maximum atomic E-state index is 12.7.